The molecule has 5 aliphatic rings. The van der Waals surface area contributed by atoms with E-state index in [9.17, 15) is 9.59 Å². The van der Waals surface area contributed by atoms with E-state index in [0.29, 0.717) is 31.7 Å². The summed E-state index contributed by atoms with van der Waals surface area (Å²) in [7, 11) is 0. The van der Waals surface area contributed by atoms with E-state index in [2.05, 4.69) is 0 Å². The molecule has 4 saturated carbocycles. The highest BCUT2D eigenvalue weighted by molar-refractivity contribution is 5.97. The van der Waals surface area contributed by atoms with Crippen LogP contribution in [0.5, 0.6) is 5.75 Å². The summed E-state index contributed by atoms with van der Waals surface area (Å²) in [5.41, 5.74) is 0.353. The third kappa shape index (κ3) is 4.57. The third-order valence-corrected chi connectivity index (χ3v) is 8.39. The minimum Gasteiger partial charge on any atom is -0.493 e. The lowest BCUT2D eigenvalue weighted by atomic mass is 9.50. The molecule has 6 heteroatoms. The van der Waals surface area contributed by atoms with Crippen LogP contribution < -0.4 is 4.74 Å². The molecule has 0 N–H and O–H groups in total. The van der Waals surface area contributed by atoms with E-state index in [1.165, 1.54) is 49.5 Å². The van der Waals surface area contributed by atoms with Gasteiger partial charge in [0, 0.05) is 18.0 Å². The molecule has 186 valence electrons. The number of benzene rings is 1. The molecule has 0 unspecified atom stereocenters. The molecule has 1 aromatic rings. The van der Waals surface area contributed by atoms with Crippen LogP contribution in [-0.2, 0) is 9.53 Å². The van der Waals surface area contributed by atoms with Gasteiger partial charge in [-0.2, -0.15) is 0 Å². The maximum Gasteiger partial charge on any atom is 0.329 e. The van der Waals surface area contributed by atoms with Crippen LogP contribution in [0.4, 0.5) is 4.39 Å². The summed E-state index contributed by atoms with van der Waals surface area (Å²) >= 11 is 0. The highest BCUT2D eigenvalue weighted by Crippen LogP contribution is 2.60. The van der Waals surface area contributed by atoms with Gasteiger partial charge in [-0.15, -0.1) is 0 Å². The zero-order valence-electron chi connectivity index (χ0n) is 21.0. The van der Waals surface area contributed by atoms with E-state index >= 15 is 4.39 Å². The minimum atomic E-state index is -0.668. The summed E-state index contributed by atoms with van der Waals surface area (Å²) < 4.78 is 26.9. The van der Waals surface area contributed by atoms with Gasteiger partial charge in [0.25, 0.3) is 5.91 Å². The summed E-state index contributed by atoms with van der Waals surface area (Å²) in [6.07, 6.45) is 9.07. The van der Waals surface area contributed by atoms with Crippen LogP contribution in [0.15, 0.2) is 12.1 Å². The number of carbonyl (C=O) groups excluding carboxylic acids is 2. The Balaban J connectivity index is 1.28. The maximum atomic E-state index is 15.2. The second-order valence-corrected chi connectivity index (χ2v) is 12.5. The van der Waals surface area contributed by atoms with Crippen molar-refractivity contribution >= 4 is 11.9 Å². The summed E-state index contributed by atoms with van der Waals surface area (Å²) in [4.78, 5) is 27.3. The predicted octanol–water partition coefficient (Wildman–Crippen LogP) is 5.68. The van der Waals surface area contributed by atoms with Crippen molar-refractivity contribution in [1.82, 2.24) is 4.90 Å². The van der Waals surface area contributed by atoms with Gasteiger partial charge in [-0.1, -0.05) is 0 Å². The van der Waals surface area contributed by atoms with E-state index in [1.54, 1.807) is 26.8 Å². The number of amides is 1. The number of rotatable bonds is 5. The lowest BCUT2D eigenvalue weighted by Gasteiger charge is -2.56. The van der Waals surface area contributed by atoms with Gasteiger partial charge in [-0.25, -0.2) is 9.18 Å². The van der Waals surface area contributed by atoms with Crippen LogP contribution in [0, 0.1) is 35.9 Å². The van der Waals surface area contributed by atoms with Crippen molar-refractivity contribution in [3.63, 3.8) is 0 Å². The summed E-state index contributed by atoms with van der Waals surface area (Å²) in [6.45, 7) is 8.33. The Morgan fingerprint density at radius 2 is 1.71 bits per heavy atom. The molecule has 1 saturated heterocycles. The average molecular weight is 472 g/mol. The molecular formula is C28H38FNO4. The van der Waals surface area contributed by atoms with E-state index in [4.69, 9.17) is 9.47 Å². The highest BCUT2D eigenvalue weighted by atomic mass is 19.1. The Morgan fingerprint density at radius 3 is 2.29 bits per heavy atom. The number of ether oxygens (including phenoxy) is 2. The van der Waals surface area contributed by atoms with E-state index < -0.39 is 29.3 Å². The van der Waals surface area contributed by atoms with Gasteiger partial charge in [0.05, 0.1) is 12.2 Å². The summed E-state index contributed by atoms with van der Waals surface area (Å²) in [6, 6.07) is 2.28. The van der Waals surface area contributed by atoms with Crippen molar-refractivity contribution in [1.29, 1.82) is 0 Å². The van der Waals surface area contributed by atoms with Crippen molar-refractivity contribution in [3.05, 3.63) is 29.1 Å². The Kier molecular flexibility index (Phi) is 5.92. The molecule has 4 bridgehead atoms. The van der Waals surface area contributed by atoms with E-state index in [-0.39, 0.29) is 11.0 Å². The first kappa shape index (κ1) is 23.6. The maximum absolute atomic E-state index is 15.2. The Morgan fingerprint density at radius 1 is 1.09 bits per heavy atom. The van der Waals surface area contributed by atoms with Gasteiger partial charge in [0.1, 0.15) is 23.2 Å². The van der Waals surface area contributed by atoms with Crippen molar-refractivity contribution in [2.24, 2.45) is 23.2 Å². The number of likely N-dealkylation sites (tertiary alicyclic amines) is 1. The van der Waals surface area contributed by atoms with Crippen molar-refractivity contribution in [2.75, 3.05) is 13.2 Å². The van der Waals surface area contributed by atoms with Crippen LogP contribution in [0.25, 0.3) is 0 Å². The van der Waals surface area contributed by atoms with Crippen LogP contribution >= 0.6 is 0 Å². The largest absolute Gasteiger partial charge is 0.493 e. The van der Waals surface area contributed by atoms with Crippen LogP contribution in [0.2, 0.25) is 0 Å². The van der Waals surface area contributed by atoms with Gasteiger partial charge in [-0.05, 0) is 108 Å². The number of esters is 1. The zero-order chi connectivity index (χ0) is 24.3. The second-order valence-electron chi connectivity index (χ2n) is 12.5. The van der Waals surface area contributed by atoms with Gasteiger partial charge < -0.3 is 14.4 Å². The molecule has 1 heterocycles. The van der Waals surface area contributed by atoms with Gasteiger partial charge in [0.15, 0.2) is 0 Å². The fourth-order valence-corrected chi connectivity index (χ4v) is 7.46. The monoisotopic (exact) mass is 471 g/mol. The lowest BCUT2D eigenvalue weighted by molar-refractivity contribution is -0.159. The average Bonchev–Trinajstić information content (AvgIpc) is 3.21. The smallest absolute Gasteiger partial charge is 0.329 e. The summed E-state index contributed by atoms with van der Waals surface area (Å²) in [5.74, 6) is 1.57. The van der Waals surface area contributed by atoms with Crippen molar-refractivity contribution < 1.29 is 23.5 Å². The Hall–Kier alpha value is -2.11. The fraction of sp³-hybridized carbons (Fsp3) is 0.714. The lowest BCUT2D eigenvalue weighted by Crippen LogP contribution is -2.48. The molecule has 0 spiro atoms. The molecular weight excluding hydrogens is 433 g/mol. The predicted molar refractivity (Wildman–Crippen MR) is 127 cm³/mol. The van der Waals surface area contributed by atoms with Crippen LogP contribution in [0.1, 0.15) is 88.1 Å². The summed E-state index contributed by atoms with van der Waals surface area (Å²) in [5, 5.41) is 0. The number of aryl methyl sites for hydroxylation is 1. The zero-order valence-corrected chi connectivity index (χ0v) is 21.0. The number of halogens is 1. The van der Waals surface area contributed by atoms with E-state index in [1.807, 2.05) is 6.92 Å². The van der Waals surface area contributed by atoms with Gasteiger partial charge >= 0.3 is 5.97 Å². The molecule has 1 aromatic carbocycles. The standard InChI is InChI=1S/C28H38FNO4/c1-17-8-21(25(31)30-7-5-6-23(30)26(32)34-27(2,3)4)22(29)12-24(17)33-16-28-13-18-9-19(14-28)11-20(10-18)15-28/h8,12,18-20,23H,5-7,9-11,13-16H2,1-4H3/t18?,19?,20?,23-,28?/m0/s1. The molecule has 5 nitrogen and oxygen atoms in total. The molecule has 1 amide bonds. The topological polar surface area (TPSA) is 55.8 Å². The second kappa shape index (κ2) is 8.53. The quantitative estimate of drug-likeness (QED) is 0.519. The van der Waals surface area contributed by atoms with Crippen LogP contribution in [0.3, 0.4) is 0 Å². The first-order valence-corrected chi connectivity index (χ1v) is 13.0. The number of nitrogens with zero attached hydrogens (tertiary/aromatic N) is 1. The molecule has 0 aromatic heterocycles. The molecule has 5 fully saturated rings. The number of hydrogen-bond donors (Lipinski definition) is 0. The molecule has 1 aliphatic heterocycles. The van der Waals surface area contributed by atoms with Gasteiger partial charge in [-0.3, -0.25) is 4.79 Å². The molecule has 0 radical (unpaired) electrons. The molecule has 1 atom stereocenters. The SMILES string of the molecule is Cc1cc(C(=O)N2CCC[C@H]2C(=O)OC(C)(C)C)c(F)cc1OCC12CC3CC(CC(C3)C1)C2. The van der Waals surface area contributed by atoms with Gasteiger partial charge in [0.2, 0.25) is 0 Å². The van der Waals surface area contributed by atoms with Crippen molar-refractivity contribution in [3.8, 4) is 5.75 Å². The first-order valence-electron chi connectivity index (χ1n) is 13.0. The fourth-order valence-electron chi connectivity index (χ4n) is 7.46. The van der Waals surface area contributed by atoms with E-state index in [0.717, 1.165) is 23.3 Å². The minimum absolute atomic E-state index is 0.00452. The highest BCUT2D eigenvalue weighted by Gasteiger charge is 2.51. The first-order chi connectivity index (χ1) is 16.0. The third-order valence-electron chi connectivity index (χ3n) is 8.39. The van der Waals surface area contributed by atoms with Crippen LogP contribution in [-0.4, -0.2) is 41.6 Å². The number of hydrogen-bond acceptors (Lipinski definition) is 4. The Labute approximate surface area is 202 Å². The van der Waals surface area contributed by atoms with Crippen molar-refractivity contribution in [2.45, 2.75) is 90.7 Å². The molecule has 34 heavy (non-hydrogen) atoms. The normalized spacial score (nSPS) is 32.2. The Bertz CT molecular complexity index is 946. The molecule has 4 aliphatic carbocycles. The number of carbonyl (C=O) groups is 2. The molecule has 6 rings (SSSR count).